The Labute approximate surface area is 127 Å². The fraction of sp³-hybridized carbons (Fsp3) is 0.625. The number of imidazole rings is 2. The second-order valence-corrected chi connectivity index (χ2v) is 5.80. The molecule has 0 unspecified atom stereocenters. The molecule has 2 rings (SSSR count). The molecule has 2 N–H and O–H groups in total. The lowest BCUT2D eigenvalue weighted by Crippen LogP contribution is -2.07. The maximum atomic E-state index is 6.39. The van der Waals surface area contributed by atoms with E-state index < -0.39 is 0 Å². The van der Waals surface area contributed by atoms with E-state index in [1.807, 2.05) is 12.5 Å². The van der Waals surface area contributed by atoms with Crippen molar-refractivity contribution < 1.29 is 0 Å². The molecule has 0 aliphatic rings. The summed E-state index contributed by atoms with van der Waals surface area (Å²) in [7, 11) is 0. The van der Waals surface area contributed by atoms with Gasteiger partial charge in [0.1, 0.15) is 17.3 Å². The van der Waals surface area contributed by atoms with Crippen LogP contribution in [0.25, 0.3) is 11.4 Å². The molecule has 0 fully saturated rings. The first-order valence-corrected chi connectivity index (χ1v) is 7.97. The van der Waals surface area contributed by atoms with Gasteiger partial charge >= 0.3 is 0 Å². The molecular weight excluding hydrogens is 262 g/mol. The van der Waals surface area contributed by atoms with Gasteiger partial charge in [-0.1, -0.05) is 20.3 Å². The Bertz CT molecular complexity index is 580. The maximum Gasteiger partial charge on any atom is 0.133 e. The lowest BCUT2D eigenvalue weighted by Gasteiger charge is -2.11. The predicted octanol–water partition coefficient (Wildman–Crippen LogP) is 3.66. The average Bonchev–Trinajstić information content (AvgIpc) is 3.03. The Morgan fingerprint density at radius 2 is 2.00 bits per heavy atom. The normalized spacial score (nSPS) is 11.5. The summed E-state index contributed by atoms with van der Waals surface area (Å²) in [5.74, 6) is 1.87. The van der Waals surface area contributed by atoms with E-state index in [1.54, 1.807) is 0 Å². The van der Waals surface area contributed by atoms with E-state index in [0.717, 1.165) is 55.3 Å². The summed E-state index contributed by atoms with van der Waals surface area (Å²) < 4.78 is 4.30. The van der Waals surface area contributed by atoms with Crippen molar-refractivity contribution in [2.24, 2.45) is 0 Å². The minimum Gasteiger partial charge on any atom is -0.383 e. The largest absolute Gasteiger partial charge is 0.383 e. The molecule has 116 valence electrons. The quantitative estimate of drug-likeness (QED) is 0.846. The first-order valence-electron chi connectivity index (χ1n) is 7.97. The van der Waals surface area contributed by atoms with Crippen LogP contribution in [0.3, 0.4) is 0 Å². The number of unbranched alkanes of at least 4 members (excludes halogenated alkanes) is 1. The van der Waals surface area contributed by atoms with Crippen LogP contribution in [0, 0.1) is 0 Å². The highest BCUT2D eigenvalue weighted by Crippen LogP contribution is 2.29. The maximum absolute atomic E-state index is 6.39. The molecule has 0 aliphatic carbocycles. The Hall–Kier alpha value is -1.78. The predicted molar refractivity (Wildman–Crippen MR) is 87.1 cm³/mol. The Balaban J connectivity index is 2.46. The summed E-state index contributed by atoms with van der Waals surface area (Å²) in [5.41, 5.74) is 8.28. The molecule has 0 saturated carbocycles. The van der Waals surface area contributed by atoms with E-state index in [2.05, 4.69) is 41.8 Å². The van der Waals surface area contributed by atoms with E-state index in [0.29, 0.717) is 6.04 Å². The van der Waals surface area contributed by atoms with E-state index in [-0.39, 0.29) is 0 Å². The zero-order valence-electron chi connectivity index (χ0n) is 13.6. The van der Waals surface area contributed by atoms with Crippen LogP contribution in [0.5, 0.6) is 0 Å². The Kier molecular flexibility index (Phi) is 5.04. The number of hydrogen-bond donors (Lipinski definition) is 1. The number of nitrogen functional groups attached to an aromatic ring is 1. The minimum atomic E-state index is 0.345. The van der Waals surface area contributed by atoms with Gasteiger partial charge in [-0.3, -0.25) is 0 Å². The highest BCUT2D eigenvalue weighted by molar-refractivity contribution is 5.68. The van der Waals surface area contributed by atoms with Crippen molar-refractivity contribution in [3.63, 3.8) is 0 Å². The van der Waals surface area contributed by atoms with Gasteiger partial charge in [0.2, 0.25) is 0 Å². The van der Waals surface area contributed by atoms with Crippen LogP contribution in [-0.2, 0) is 13.0 Å². The number of aryl methyl sites for hydroxylation is 1. The monoisotopic (exact) mass is 289 g/mol. The molecule has 21 heavy (non-hydrogen) atoms. The second-order valence-electron chi connectivity index (χ2n) is 5.80. The lowest BCUT2D eigenvalue weighted by molar-refractivity contribution is 0.603. The SMILES string of the molecule is CCCCn1c(CCC)nc(-c2cncn2C(C)C)c1N. The van der Waals surface area contributed by atoms with Gasteiger partial charge in [0.15, 0.2) is 0 Å². The van der Waals surface area contributed by atoms with Crippen molar-refractivity contribution in [1.82, 2.24) is 19.1 Å². The van der Waals surface area contributed by atoms with Crippen LogP contribution in [0.15, 0.2) is 12.5 Å². The third kappa shape index (κ3) is 3.12. The van der Waals surface area contributed by atoms with Gasteiger partial charge in [0.05, 0.1) is 18.2 Å². The molecule has 0 atom stereocenters. The summed E-state index contributed by atoms with van der Waals surface area (Å²) >= 11 is 0. The lowest BCUT2D eigenvalue weighted by atomic mass is 10.3. The number of anilines is 1. The minimum absolute atomic E-state index is 0.345. The van der Waals surface area contributed by atoms with Gasteiger partial charge in [0.25, 0.3) is 0 Å². The third-order valence-electron chi connectivity index (χ3n) is 3.76. The standard InChI is InChI=1S/C16H27N5/c1-5-7-9-20-14(8-6-2)19-15(16(20)17)13-10-18-11-21(13)12(3)4/h10-12H,5-9,17H2,1-4H3. The number of hydrogen-bond acceptors (Lipinski definition) is 3. The van der Waals surface area contributed by atoms with Crippen molar-refractivity contribution in [3.8, 4) is 11.4 Å². The summed E-state index contributed by atoms with van der Waals surface area (Å²) in [5, 5.41) is 0. The van der Waals surface area contributed by atoms with Gasteiger partial charge in [-0.15, -0.1) is 0 Å². The molecule has 0 radical (unpaired) electrons. The van der Waals surface area contributed by atoms with Crippen molar-refractivity contribution in [3.05, 3.63) is 18.3 Å². The van der Waals surface area contributed by atoms with Crippen LogP contribution in [-0.4, -0.2) is 19.1 Å². The first kappa shape index (κ1) is 15.6. The van der Waals surface area contributed by atoms with E-state index in [9.17, 15) is 0 Å². The topological polar surface area (TPSA) is 61.7 Å². The summed E-state index contributed by atoms with van der Waals surface area (Å²) in [6, 6.07) is 0.345. The van der Waals surface area contributed by atoms with Crippen molar-refractivity contribution in [2.75, 3.05) is 5.73 Å². The Morgan fingerprint density at radius 1 is 1.24 bits per heavy atom. The molecule has 2 aromatic heterocycles. The third-order valence-corrected chi connectivity index (χ3v) is 3.76. The highest BCUT2D eigenvalue weighted by Gasteiger charge is 2.19. The fourth-order valence-electron chi connectivity index (χ4n) is 2.58. The molecule has 0 amide bonds. The van der Waals surface area contributed by atoms with E-state index in [4.69, 9.17) is 10.7 Å². The molecule has 5 nitrogen and oxygen atoms in total. The number of rotatable bonds is 7. The number of nitrogens with zero attached hydrogens (tertiary/aromatic N) is 4. The molecule has 0 aliphatic heterocycles. The molecule has 5 heteroatoms. The van der Waals surface area contributed by atoms with Crippen molar-refractivity contribution >= 4 is 5.82 Å². The van der Waals surface area contributed by atoms with Crippen LogP contribution < -0.4 is 5.73 Å². The summed E-state index contributed by atoms with van der Waals surface area (Å²) in [6.45, 7) is 9.60. The molecule has 2 heterocycles. The van der Waals surface area contributed by atoms with Crippen molar-refractivity contribution in [2.45, 2.75) is 66.0 Å². The number of nitrogens with two attached hydrogens (primary N) is 1. The number of aromatic nitrogens is 4. The zero-order chi connectivity index (χ0) is 15.4. The summed E-state index contributed by atoms with van der Waals surface area (Å²) in [4.78, 5) is 9.08. The van der Waals surface area contributed by atoms with E-state index in [1.165, 1.54) is 0 Å². The van der Waals surface area contributed by atoms with E-state index >= 15 is 0 Å². The van der Waals surface area contributed by atoms with Gasteiger partial charge in [-0.25, -0.2) is 9.97 Å². The smallest absolute Gasteiger partial charge is 0.133 e. The van der Waals surface area contributed by atoms with Gasteiger partial charge in [0, 0.05) is 19.0 Å². The zero-order valence-corrected chi connectivity index (χ0v) is 13.6. The van der Waals surface area contributed by atoms with Gasteiger partial charge < -0.3 is 14.9 Å². The second kappa shape index (κ2) is 6.78. The highest BCUT2D eigenvalue weighted by atomic mass is 15.2. The van der Waals surface area contributed by atoms with Crippen LogP contribution >= 0.6 is 0 Å². The fourth-order valence-corrected chi connectivity index (χ4v) is 2.58. The van der Waals surface area contributed by atoms with Crippen molar-refractivity contribution in [1.29, 1.82) is 0 Å². The van der Waals surface area contributed by atoms with Gasteiger partial charge in [-0.05, 0) is 26.7 Å². The van der Waals surface area contributed by atoms with Crippen LogP contribution in [0.4, 0.5) is 5.82 Å². The summed E-state index contributed by atoms with van der Waals surface area (Å²) in [6.07, 6.45) is 8.03. The van der Waals surface area contributed by atoms with Crippen LogP contribution in [0.1, 0.15) is 58.8 Å². The molecule has 0 bridgehead atoms. The molecular formula is C16H27N5. The van der Waals surface area contributed by atoms with Gasteiger partial charge in [-0.2, -0.15) is 0 Å². The molecule has 2 aromatic rings. The molecule has 0 aromatic carbocycles. The molecule has 0 saturated heterocycles. The van der Waals surface area contributed by atoms with Crippen LogP contribution in [0.2, 0.25) is 0 Å². The molecule has 0 spiro atoms. The first-order chi connectivity index (χ1) is 10.1. The Morgan fingerprint density at radius 3 is 2.62 bits per heavy atom. The average molecular weight is 289 g/mol.